The average Bonchev–Trinajstić information content (AvgIpc) is 2.68. The summed E-state index contributed by atoms with van der Waals surface area (Å²) in [5.41, 5.74) is 1.24. The molecule has 0 unspecified atom stereocenters. The van der Waals surface area contributed by atoms with Gasteiger partial charge in [-0.3, -0.25) is 4.99 Å². The van der Waals surface area contributed by atoms with Gasteiger partial charge in [-0.05, 0) is 27.2 Å². The van der Waals surface area contributed by atoms with Gasteiger partial charge in [0.05, 0.1) is 10.7 Å². The molecule has 2 N–H and O–H groups in total. The van der Waals surface area contributed by atoms with Crippen LogP contribution < -0.4 is 10.6 Å². The fourth-order valence-corrected chi connectivity index (χ4v) is 2.70. The molecule has 0 spiro atoms. The zero-order chi connectivity index (χ0) is 13.5. The minimum Gasteiger partial charge on any atom is -0.356 e. The van der Waals surface area contributed by atoms with E-state index in [0.717, 1.165) is 25.3 Å². The van der Waals surface area contributed by atoms with Crippen LogP contribution in [-0.4, -0.2) is 30.6 Å². The van der Waals surface area contributed by atoms with Crippen molar-refractivity contribution in [2.45, 2.75) is 46.6 Å². The van der Waals surface area contributed by atoms with Gasteiger partial charge < -0.3 is 10.6 Å². The molecular weight excluding hydrogens is 244 g/mol. The summed E-state index contributed by atoms with van der Waals surface area (Å²) in [4.78, 5) is 10.2. The minimum atomic E-state index is 0.394. The predicted octanol–water partition coefficient (Wildman–Crippen LogP) is 2.13. The highest BCUT2D eigenvalue weighted by molar-refractivity contribution is 7.11. The van der Waals surface area contributed by atoms with Crippen LogP contribution in [0.25, 0.3) is 0 Å². The first-order valence-corrected chi connectivity index (χ1v) is 7.30. The maximum atomic E-state index is 4.63. The van der Waals surface area contributed by atoms with Gasteiger partial charge in [0.15, 0.2) is 5.96 Å². The Labute approximate surface area is 114 Å². The first-order chi connectivity index (χ1) is 8.56. The highest BCUT2D eigenvalue weighted by Crippen LogP contribution is 2.17. The number of aromatic nitrogens is 1. The molecule has 1 heterocycles. The Morgan fingerprint density at radius 3 is 2.67 bits per heavy atom. The summed E-state index contributed by atoms with van der Waals surface area (Å²) in [6.07, 6.45) is 1.97. The van der Waals surface area contributed by atoms with Crippen molar-refractivity contribution in [3.8, 4) is 0 Å². The molecule has 0 bridgehead atoms. The summed E-state index contributed by atoms with van der Waals surface area (Å²) < 4.78 is 0. The maximum absolute atomic E-state index is 4.63. The van der Waals surface area contributed by atoms with Gasteiger partial charge in [0.25, 0.3) is 0 Å². The normalized spacial score (nSPS) is 12.0. The average molecular weight is 268 g/mol. The molecule has 0 atom stereocenters. The molecule has 1 aromatic heterocycles. The lowest BCUT2D eigenvalue weighted by atomic mass is 10.3. The second-order valence-electron chi connectivity index (χ2n) is 4.51. The third-order valence-electron chi connectivity index (χ3n) is 2.55. The maximum Gasteiger partial charge on any atom is 0.191 e. The molecule has 0 aliphatic carbocycles. The number of aliphatic imine (C=N–C) groups is 1. The Hall–Kier alpha value is -1.10. The van der Waals surface area contributed by atoms with Crippen LogP contribution in [0.4, 0.5) is 0 Å². The van der Waals surface area contributed by atoms with Crippen LogP contribution >= 0.6 is 11.3 Å². The molecule has 0 aliphatic rings. The highest BCUT2D eigenvalue weighted by Gasteiger charge is 2.06. The molecule has 0 radical (unpaired) electrons. The van der Waals surface area contributed by atoms with E-state index in [4.69, 9.17) is 0 Å². The van der Waals surface area contributed by atoms with Crippen molar-refractivity contribution in [1.29, 1.82) is 0 Å². The van der Waals surface area contributed by atoms with E-state index in [9.17, 15) is 0 Å². The topological polar surface area (TPSA) is 49.3 Å². The summed E-state index contributed by atoms with van der Waals surface area (Å²) in [6, 6.07) is 0.394. The SMILES string of the molecule is CCc1nc(CCNC(=NC)NC(C)C)sc1C. The van der Waals surface area contributed by atoms with Crippen LogP contribution in [0.3, 0.4) is 0 Å². The minimum absolute atomic E-state index is 0.394. The Morgan fingerprint density at radius 1 is 1.44 bits per heavy atom. The number of thiazole rings is 1. The van der Waals surface area contributed by atoms with Crippen molar-refractivity contribution in [3.05, 3.63) is 15.6 Å². The largest absolute Gasteiger partial charge is 0.356 e. The van der Waals surface area contributed by atoms with Crippen molar-refractivity contribution < 1.29 is 0 Å². The molecule has 0 aromatic carbocycles. The molecule has 4 nitrogen and oxygen atoms in total. The first-order valence-electron chi connectivity index (χ1n) is 6.49. The molecule has 1 aromatic rings. The molecule has 0 saturated heterocycles. The van der Waals surface area contributed by atoms with Crippen molar-refractivity contribution in [3.63, 3.8) is 0 Å². The standard InChI is InChI=1S/C13H24N4S/c1-6-11-10(4)18-12(17-11)7-8-15-13(14-5)16-9(2)3/h9H,6-8H2,1-5H3,(H2,14,15,16). The van der Waals surface area contributed by atoms with Crippen LogP contribution in [0.5, 0.6) is 0 Å². The summed E-state index contributed by atoms with van der Waals surface area (Å²) in [5.74, 6) is 0.856. The third-order valence-corrected chi connectivity index (χ3v) is 3.63. The quantitative estimate of drug-likeness (QED) is 0.635. The summed E-state index contributed by atoms with van der Waals surface area (Å²) >= 11 is 1.80. The molecule has 102 valence electrons. The van der Waals surface area contributed by atoms with Crippen LogP contribution in [0, 0.1) is 6.92 Å². The number of hydrogen-bond acceptors (Lipinski definition) is 3. The number of nitrogens with zero attached hydrogens (tertiary/aromatic N) is 2. The number of nitrogens with one attached hydrogen (secondary N) is 2. The van der Waals surface area contributed by atoms with E-state index in [-0.39, 0.29) is 0 Å². The lowest BCUT2D eigenvalue weighted by Gasteiger charge is -2.13. The van der Waals surface area contributed by atoms with Gasteiger partial charge in [-0.25, -0.2) is 4.98 Å². The Balaban J connectivity index is 2.40. The molecule has 18 heavy (non-hydrogen) atoms. The summed E-state index contributed by atoms with van der Waals surface area (Å²) in [6.45, 7) is 9.36. The molecule has 0 aliphatic heterocycles. The molecule has 0 amide bonds. The van der Waals surface area contributed by atoms with Gasteiger partial charge >= 0.3 is 0 Å². The highest BCUT2D eigenvalue weighted by atomic mass is 32.1. The second-order valence-corrected chi connectivity index (χ2v) is 5.80. The van der Waals surface area contributed by atoms with Gasteiger partial charge in [-0.15, -0.1) is 11.3 Å². The van der Waals surface area contributed by atoms with Gasteiger partial charge in [0.2, 0.25) is 0 Å². The van der Waals surface area contributed by atoms with Gasteiger partial charge in [0.1, 0.15) is 0 Å². The Kier molecular flexibility index (Phi) is 6.12. The van der Waals surface area contributed by atoms with E-state index >= 15 is 0 Å². The molecule has 1 rings (SSSR count). The summed E-state index contributed by atoms with van der Waals surface area (Å²) in [7, 11) is 1.79. The van der Waals surface area contributed by atoms with Crippen LogP contribution in [0.15, 0.2) is 4.99 Å². The lowest BCUT2D eigenvalue weighted by molar-refractivity contribution is 0.697. The van der Waals surface area contributed by atoms with E-state index in [0.29, 0.717) is 6.04 Å². The Bertz CT molecular complexity index is 396. The van der Waals surface area contributed by atoms with Crippen LogP contribution in [-0.2, 0) is 12.8 Å². The van der Waals surface area contributed by atoms with Crippen molar-refractivity contribution in [2.75, 3.05) is 13.6 Å². The predicted molar refractivity (Wildman–Crippen MR) is 79.6 cm³/mol. The molecule has 0 fully saturated rings. The smallest absolute Gasteiger partial charge is 0.191 e. The Morgan fingerprint density at radius 2 is 2.17 bits per heavy atom. The zero-order valence-electron chi connectivity index (χ0n) is 12.0. The zero-order valence-corrected chi connectivity index (χ0v) is 12.8. The van der Waals surface area contributed by atoms with Crippen molar-refractivity contribution in [1.82, 2.24) is 15.6 Å². The fraction of sp³-hybridized carbons (Fsp3) is 0.692. The van der Waals surface area contributed by atoms with E-state index in [1.54, 1.807) is 18.4 Å². The van der Waals surface area contributed by atoms with E-state index in [2.05, 4.69) is 48.3 Å². The lowest BCUT2D eigenvalue weighted by Crippen LogP contribution is -2.41. The number of guanidine groups is 1. The second kappa shape index (κ2) is 7.36. The van der Waals surface area contributed by atoms with Gasteiger partial charge in [0, 0.05) is 30.9 Å². The van der Waals surface area contributed by atoms with Crippen LogP contribution in [0.1, 0.15) is 36.3 Å². The van der Waals surface area contributed by atoms with Crippen molar-refractivity contribution >= 4 is 17.3 Å². The van der Waals surface area contributed by atoms with Crippen LogP contribution in [0.2, 0.25) is 0 Å². The van der Waals surface area contributed by atoms with E-state index in [1.165, 1.54) is 15.6 Å². The number of hydrogen-bond donors (Lipinski definition) is 2. The van der Waals surface area contributed by atoms with Gasteiger partial charge in [-0.2, -0.15) is 0 Å². The molecule has 0 saturated carbocycles. The number of rotatable bonds is 5. The third kappa shape index (κ3) is 4.64. The fourth-order valence-electron chi connectivity index (χ4n) is 1.68. The van der Waals surface area contributed by atoms with E-state index in [1.807, 2.05) is 0 Å². The van der Waals surface area contributed by atoms with Crippen molar-refractivity contribution in [2.24, 2.45) is 4.99 Å². The monoisotopic (exact) mass is 268 g/mol. The summed E-state index contributed by atoms with van der Waals surface area (Å²) in [5, 5.41) is 7.77. The van der Waals surface area contributed by atoms with E-state index < -0.39 is 0 Å². The van der Waals surface area contributed by atoms with Gasteiger partial charge in [-0.1, -0.05) is 6.92 Å². The first kappa shape index (κ1) is 15.0. The molecular formula is C13H24N4S. The molecule has 5 heteroatoms. The number of aryl methyl sites for hydroxylation is 2.